The number of methoxy groups -OCH3 is 1. The molecule has 1 N–H and O–H groups in total. The lowest BCUT2D eigenvalue weighted by Crippen LogP contribution is -2.51. The van der Waals surface area contributed by atoms with E-state index in [9.17, 15) is 19.2 Å². The van der Waals surface area contributed by atoms with Gasteiger partial charge in [0.1, 0.15) is 11.8 Å². The number of nitrogens with one attached hydrogen (secondary N) is 1. The second kappa shape index (κ2) is 18.3. The predicted molar refractivity (Wildman–Crippen MR) is 161 cm³/mol. The first-order valence-electron chi connectivity index (χ1n) is 15.4. The van der Waals surface area contributed by atoms with Crippen LogP contribution in [-0.4, -0.2) is 42.3 Å². The predicted octanol–water partition coefficient (Wildman–Crippen LogP) is 7.98. The van der Waals surface area contributed by atoms with Gasteiger partial charge in [-0.15, -0.1) is 0 Å². The lowest BCUT2D eigenvalue weighted by Gasteiger charge is -2.37. The van der Waals surface area contributed by atoms with Crippen molar-refractivity contribution in [1.29, 1.82) is 0 Å². The topological polar surface area (TPSA) is 102 Å². The summed E-state index contributed by atoms with van der Waals surface area (Å²) in [6.07, 6.45) is 16.0. The van der Waals surface area contributed by atoms with E-state index >= 15 is 0 Å². The molecule has 1 aromatic rings. The standard InChI is InChI=1S/C33H50N2O6/c1-6-7-8-9-10-11-12-13-14-15-16-17-18-20-26-21-19-22-28(41-24(2)3)30(26)31-29(27(37)23-36)25(4)34-32(38)35(31)33(39)40-5/h19,21-24,31H,6-18,20H2,1-5H3,(H,34,38). The van der Waals surface area contributed by atoms with E-state index in [0.29, 0.717) is 17.7 Å². The van der Waals surface area contributed by atoms with Gasteiger partial charge in [0, 0.05) is 16.8 Å². The number of aryl methyl sites for hydroxylation is 1. The van der Waals surface area contributed by atoms with Gasteiger partial charge in [0.2, 0.25) is 5.78 Å². The van der Waals surface area contributed by atoms with E-state index < -0.39 is 23.9 Å². The zero-order valence-electron chi connectivity index (χ0n) is 25.8. The monoisotopic (exact) mass is 570 g/mol. The van der Waals surface area contributed by atoms with Crippen molar-refractivity contribution in [3.05, 3.63) is 40.6 Å². The van der Waals surface area contributed by atoms with E-state index in [4.69, 9.17) is 9.47 Å². The Balaban J connectivity index is 2.16. The number of urea groups is 1. The van der Waals surface area contributed by atoms with Crippen LogP contribution >= 0.6 is 0 Å². The smallest absolute Gasteiger partial charge is 0.418 e. The number of imide groups is 1. The second-order valence-electron chi connectivity index (χ2n) is 11.2. The van der Waals surface area contributed by atoms with Gasteiger partial charge in [-0.1, -0.05) is 96.1 Å². The number of ketones is 1. The van der Waals surface area contributed by atoms with E-state index in [2.05, 4.69) is 12.2 Å². The van der Waals surface area contributed by atoms with Crippen molar-refractivity contribution in [1.82, 2.24) is 10.2 Å². The molecule has 228 valence electrons. The maximum Gasteiger partial charge on any atom is 0.418 e. The van der Waals surface area contributed by atoms with E-state index in [1.54, 1.807) is 13.0 Å². The Labute approximate surface area is 246 Å². The van der Waals surface area contributed by atoms with Crippen LogP contribution in [0.15, 0.2) is 29.5 Å². The fourth-order valence-electron chi connectivity index (χ4n) is 5.49. The van der Waals surface area contributed by atoms with Crippen LogP contribution in [0, 0.1) is 0 Å². The highest BCUT2D eigenvalue weighted by Crippen LogP contribution is 2.41. The number of Topliss-reactive ketones (excluding diaryl/α,β-unsaturated/α-hetero) is 1. The van der Waals surface area contributed by atoms with Crippen LogP contribution in [0.25, 0.3) is 0 Å². The normalized spacial score (nSPS) is 15.2. The third-order valence-corrected chi connectivity index (χ3v) is 7.53. The maximum absolute atomic E-state index is 13.0. The molecular weight excluding hydrogens is 520 g/mol. The number of ether oxygens (including phenoxy) is 2. The van der Waals surface area contributed by atoms with Gasteiger partial charge in [-0.05, 0) is 45.2 Å². The first-order chi connectivity index (χ1) is 19.8. The summed E-state index contributed by atoms with van der Waals surface area (Å²) >= 11 is 0. The summed E-state index contributed by atoms with van der Waals surface area (Å²) in [5, 5.41) is 2.53. The molecule has 1 aliphatic rings. The first-order valence-corrected chi connectivity index (χ1v) is 15.4. The molecule has 41 heavy (non-hydrogen) atoms. The summed E-state index contributed by atoms with van der Waals surface area (Å²) in [7, 11) is 1.17. The Morgan fingerprint density at radius 2 is 1.51 bits per heavy atom. The summed E-state index contributed by atoms with van der Waals surface area (Å²) in [5.41, 5.74) is 1.65. The molecule has 1 aromatic carbocycles. The van der Waals surface area contributed by atoms with Gasteiger partial charge in [0.15, 0.2) is 6.29 Å². The zero-order chi connectivity index (χ0) is 30.2. The number of aldehydes is 1. The number of benzene rings is 1. The number of nitrogens with zero attached hydrogens (tertiary/aromatic N) is 1. The minimum absolute atomic E-state index is 0.0245. The van der Waals surface area contributed by atoms with Crippen molar-refractivity contribution in [2.45, 2.75) is 130 Å². The van der Waals surface area contributed by atoms with Crippen LogP contribution in [0.4, 0.5) is 9.59 Å². The molecule has 1 heterocycles. The summed E-state index contributed by atoms with van der Waals surface area (Å²) in [6, 6.07) is 3.70. The van der Waals surface area contributed by atoms with Crippen molar-refractivity contribution in [2.24, 2.45) is 0 Å². The molecule has 0 fully saturated rings. The van der Waals surface area contributed by atoms with E-state index in [0.717, 1.165) is 29.7 Å². The van der Waals surface area contributed by atoms with Crippen LogP contribution in [-0.2, 0) is 20.7 Å². The van der Waals surface area contributed by atoms with Crippen LogP contribution in [0.3, 0.4) is 0 Å². The highest BCUT2D eigenvalue weighted by atomic mass is 16.5. The fourth-order valence-corrected chi connectivity index (χ4v) is 5.49. The second-order valence-corrected chi connectivity index (χ2v) is 11.2. The number of hydrogen-bond donors (Lipinski definition) is 1. The minimum atomic E-state index is -1.15. The Kier molecular flexibility index (Phi) is 15.2. The quantitative estimate of drug-likeness (QED) is 0.103. The zero-order valence-corrected chi connectivity index (χ0v) is 25.8. The summed E-state index contributed by atoms with van der Waals surface area (Å²) in [6.45, 7) is 7.56. The van der Waals surface area contributed by atoms with E-state index in [-0.39, 0.29) is 23.7 Å². The molecule has 8 nitrogen and oxygen atoms in total. The number of rotatable bonds is 19. The highest BCUT2D eigenvalue weighted by molar-refractivity contribution is 6.34. The molecule has 3 amide bonds. The lowest BCUT2D eigenvalue weighted by atomic mass is 9.86. The fraction of sp³-hybridized carbons (Fsp3) is 0.636. The summed E-state index contributed by atoms with van der Waals surface area (Å²) in [4.78, 5) is 51.2. The Morgan fingerprint density at radius 1 is 0.951 bits per heavy atom. The van der Waals surface area contributed by atoms with Gasteiger partial charge in [0.05, 0.1) is 13.2 Å². The van der Waals surface area contributed by atoms with Crippen LogP contribution in [0.2, 0.25) is 0 Å². The van der Waals surface area contributed by atoms with Gasteiger partial charge in [0.25, 0.3) is 0 Å². The molecule has 0 aromatic heterocycles. The van der Waals surface area contributed by atoms with Crippen molar-refractivity contribution < 1.29 is 28.7 Å². The lowest BCUT2D eigenvalue weighted by molar-refractivity contribution is -0.127. The molecule has 1 unspecified atom stereocenters. The number of hydrogen-bond acceptors (Lipinski definition) is 6. The van der Waals surface area contributed by atoms with Gasteiger partial charge in [-0.2, -0.15) is 0 Å². The van der Waals surface area contributed by atoms with Crippen molar-refractivity contribution in [3.8, 4) is 5.75 Å². The average molecular weight is 571 g/mol. The SMILES string of the molecule is CCCCCCCCCCCCCCCc1cccc(OC(C)C)c1C1C(C(=O)C=O)=C(C)NC(=O)N1C(=O)OC. The van der Waals surface area contributed by atoms with E-state index in [1.807, 2.05) is 26.0 Å². The molecular formula is C33H50N2O6. The number of carbonyl (C=O) groups excluding carboxylic acids is 4. The molecule has 0 radical (unpaired) electrons. The van der Waals surface area contributed by atoms with Crippen LogP contribution in [0.5, 0.6) is 5.75 Å². The van der Waals surface area contributed by atoms with Gasteiger partial charge >= 0.3 is 12.1 Å². The molecule has 2 rings (SSSR count). The van der Waals surface area contributed by atoms with E-state index in [1.165, 1.54) is 71.3 Å². The Bertz CT molecular complexity index is 1050. The Morgan fingerprint density at radius 3 is 2.02 bits per heavy atom. The van der Waals surface area contributed by atoms with Gasteiger partial charge < -0.3 is 14.8 Å². The molecule has 8 heteroatoms. The molecule has 1 aliphatic heterocycles. The van der Waals surface area contributed by atoms with Crippen LogP contribution in [0.1, 0.15) is 128 Å². The third kappa shape index (κ3) is 10.3. The number of amides is 3. The average Bonchev–Trinajstić information content (AvgIpc) is 2.94. The third-order valence-electron chi connectivity index (χ3n) is 7.53. The molecule has 0 aliphatic carbocycles. The molecule has 0 saturated heterocycles. The maximum atomic E-state index is 13.0. The number of allylic oxidation sites excluding steroid dienone is 1. The van der Waals surface area contributed by atoms with Crippen molar-refractivity contribution in [3.63, 3.8) is 0 Å². The Hall–Kier alpha value is -3.16. The first kappa shape index (κ1) is 34.0. The summed E-state index contributed by atoms with van der Waals surface area (Å²) in [5.74, 6) is -0.350. The van der Waals surface area contributed by atoms with Crippen molar-refractivity contribution in [2.75, 3.05) is 7.11 Å². The molecule has 0 spiro atoms. The minimum Gasteiger partial charge on any atom is -0.491 e. The van der Waals surface area contributed by atoms with Gasteiger partial charge in [-0.3, -0.25) is 9.59 Å². The molecule has 0 bridgehead atoms. The largest absolute Gasteiger partial charge is 0.491 e. The highest BCUT2D eigenvalue weighted by Gasteiger charge is 2.44. The number of carbonyl (C=O) groups is 4. The summed E-state index contributed by atoms with van der Waals surface area (Å²) < 4.78 is 11.0. The van der Waals surface area contributed by atoms with Crippen LogP contribution < -0.4 is 10.1 Å². The number of unbranched alkanes of at least 4 members (excludes halogenated alkanes) is 12. The van der Waals surface area contributed by atoms with Gasteiger partial charge in [-0.25, -0.2) is 14.5 Å². The molecule has 0 saturated carbocycles. The molecule has 1 atom stereocenters. The van der Waals surface area contributed by atoms with Crippen molar-refractivity contribution >= 4 is 24.2 Å².